The molecule has 0 spiro atoms. The summed E-state index contributed by atoms with van der Waals surface area (Å²) in [5.74, 6) is 0.549. The van der Waals surface area contributed by atoms with E-state index in [-0.39, 0.29) is 18.4 Å². The predicted octanol–water partition coefficient (Wildman–Crippen LogP) is 3.19. The minimum atomic E-state index is 0.0780. The molecule has 1 aliphatic carbocycles. The Labute approximate surface area is 152 Å². The molecule has 25 heavy (non-hydrogen) atoms. The van der Waals surface area contributed by atoms with Crippen molar-refractivity contribution in [3.05, 3.63) is 24.0 Å². The van der Waals surface area contributed by atoms with Gasteiger partial charge in [0.15, 0.2) is 0 Å². The van der Waals surface area contributed by atoms with Gasteiger partial charge in [0.05, 0.1) is 13.1 Å². The van der Waals surface area contributed by atoms with Crippen molar-refractivity contribution < 1.29 is 9.59 Å². The molecule has 0 unspecified atom stereocenters. The van der Waals surface area contributed by atoms with Gasteiger partial charge in [0.25, 0.3) is 0 Å². The third-order valence-corrected chi connectivity index (χ3v) is 4.70. The Morgan fingerprint density at radius 3 is 2.52 bits per heavy atom. The molecule has 0 bridgehead atoms. The summed E-state index contributed by atoms with van der Waals surface area (Å²) in [4.78, 5) is 29.2. The lowest BCUT2D eigenvalue weighted by Crippen LogP contribution is -2.45. The van der Waals surface area contributed by atoms with E-state index in [0.717, 1.165) is 31.4 Å². The smallest absolute Gasteiger partial charge is 0.242 e. The molecule has 0 aromatic carbocycles. The van der Waals surface area contributed by atoms with E-state index < -0.39 is 0 Å². The van der Waals surface area contributed by atoms with Crippen molar-refractivity contribution in [1.82, 2.24) is 14.4 Å². The average molecular weight is 348 g/mol. The van der Waals surface area contributed by atoms with E-state index in [0.29, 0.717) is 31.5 Å². The van der Waals surface area contributed by atoms with Crippen molar-refractivity contribution in [2.45, 2.75) is 65.5 Å². The first-order chi connectivity index (χ1) is 11.9. The lowest BCUT2D eigenvalue weighted by Gasteiger charge is -2.29. The van der Waals surface area contributed by atoms with Gasteiger partial charge in [-0.25, -0.2) is 0 Å². The van der Waals surface area contributed by atoms with Crippen LogP contribution in [0.4, 0.5) is 0 Å². The first-order valence-corrected chi connectivity index (χ1v) is 9.59. The summed E-state index contributed by atoms with van der Waals surface area (Å²) in [7, 11) is 2.00. The number of carbonyl (C=O) groups excluding carboxylic acids is 2. The lowest BCUT2D eigenvalue weighted by molar-refractivity contribution is -0.141. The second-order valence-corrected chi connectivity index (χ2v) is 7.63. The van der Waals surface area contributed by atoms with E-state index in [2.05, 4.69) is 31.4 Å². The zero-order chi connectivity index (χ0) is 18.4. The van der Waals surface area contributed by atoms with E-state index in [1.807, 2.05) is 24.2 Å². The van der Waals surface area contributed by atoms with Gasteiger partial charge in [0, 0.05) is 37.9 Å². The molecular weight excluding hydrogens is 314 g/mol. The molecular formula is C20H33N3O2. The summed E-state index contributed by atoms with van der Waals surface area (Å²) in [5.41, 5.74) is 1.13. The van der Waals surface area contributed by atoms with Crippen molar-refractivity contribution in [1.29, 1.82) is 0 Å². The van der Waals surface area contributed by atoms with Gasteiger partial charge < -0.3 is 14.4 Å². The normalized spacial score (nSPS) is 14.0. The highest BCUT2D eigenvalue weighted by Crippen LogP contribution is 2.28. The standard InChI is InChI=1S/C20H33N3O2/c1-5-6-9-19(24)22(13-16(2)3)15-20(25)23(17-10-11-17)14-18-8-7-12-21(18)4/h7-8,12,16-17H,5-6,9-11,13-15H2,1-4H3. The van der Waals surface area contributed by atoms with Crippen LogP contribution in [0.3, 0.4) is 0 Å². The van der Waals surface area contributed by atoms with Gasteiger partial charge in [0.2, 0.25) is 11.8 Å². The van der Waals surface area contributed by atoms with Crippen LogP contribution >= 0.6 is 0 Å². The van der Waals surface area contributed by atoms with E-state index in [1.54, 1.807) is 4.90 Å². The van der Waals surface area contributed by atoms with Crippen LogP contribution in [-0.4, -0.2) is 45.3 Å². The summed E-state index contributed by atoms with van der Waals surface area (Å²) in [6.07, 6.45) is 6.57. The molecule has 1 aliphatic rings. The fraction of sp³-hybridized carbons (Fsp3) is 0.700. The Morgan fingerprint density at radius 1 is 1.28 bits per heavy atom. The number of hydrogen-bond acceptors (Lipinski definition) is 2. The molecule has 2 amide bonds. The summed E-state index contributed by atoms with van der Waals surface area (Å²) >= 11 is 0. The highest BCUT2D eigenvalue weighted by atomic mass is 16.2. The molecule has 0 saturated heterocycles. The van der Waals surface area contributed by atoms with Crippen LogP contribution in [-0.2, 0) is 23.2 Å². The van der Waals surface area contributed by atoms with Crippen LogP contribution in [0.2, 0.25) is 0 Å². The number of unbranched alkanes of at least 4 members (excludes halogenated alkanes) is 1. The molecule has 0 radical (unpaired) electrons. The Morgan fingerprint density at radius 2 is 2.00 bits per heavy atom. The average Bonchev–Trinajstić information content (AvgIpc) is 3.32. The SMILES string of the molecule is CCCCC(=O)N(CC(=O)N(Cc1cccn1C)C1CC1)CC(C)C. The number of amides is 2. The number of nitrogens with zero attached hydrogens (tertiary/aromatic N) is 3. The first-order valence-electron chi connectivity index (χ1n) is 9.59. The predicted molar refractivity (Wildman–Crippen MR) is 99.9 cm³/mol. The van der Waals surface area contributed by atoms with E-state index in [1.165, 1.54) is 0 Å². The van der Waals surface area contributed by atoms with Gasteiger partial charge in [-0.3, -0.25) is 9.59 Å². The number of rotatable bonds is 10. The third-order valence-electron chi connectivity index (χ3n) is 4.70. The molecule has 0 atom stereocenters. The largest absolute Gasteiger partial charge is 0.353 e. The fourth-order valence-corrected chi connectivity index (χ4v) is 3.08. The molecule has 0 N–H and O–H groups in total. The number of aryl methyl sites for hydroxylation is 1. The molecule has 1 saturated carbocycles. The highest BCUT2D eigenvalue weighted by Gasteiger charge is 2.34. The van der Waals surface area contributed by atoms with Crippen LogP contribution in [0.1, 0.15) is 58.6 Å². The monoisotopic (exact) mass is 347 g/mol. The van der Waals surface area contributed by atoms with Crippen molar-refractivity contribution in [3.8, 4) is 0 Å². The van der Waals surface area contributed by atoms with Crippen LogP contribution < -0.4 is 0 Å². The molecule has 1 fully saturated rings. The Kier molecular flexibility index (Phi) is 7.09. The van der Waals surface area contributed by atoms with Crippen molar-refractivity contribution >= 4 is 11.8 Å². The summed E-state index contributed by atoms with van der Waals surface area (Å²) in [5, 5.41) is 0. The van der Waals surface area contributed by atoms with Crippen LogP contribution in [0.15, 0.2) is 18.3 Å². The summed E-state index contributed by atoms with van der Waals surface area (Å²) in [6.45, 7) is 7.75. The number of aromatic nitrogens is 1. The zero-order valence-electron chi connectivity index (χ0n) is 16.2. The van der Waals surface area contributed by atoms with E-state index in [9.17, 15) is 9.59 Å². The second kappa shape index (κ2) is 9.07. The summed E-state index contributed by atoms with van der Waals surface area (Å²) in [6, 6.07) is 4.40. The lowest BCUT2D eigenvalue weighted by atomic mass is 10.1. The maximum atomic E-state index is 13.0. The van der Waals surface area contributed by atoms with Gasteiger partial charge in [-0.15, -0.1) is 0 Å². The minimum absolute atomic E-state index is 0.0780. The topological polar surface area (TPSA) is 45.6 Å². The first kappa shape index (κ1) is 19.5. The molecule has 5 nitrogen and oxygen atoms in total. The minimum Gasteiger partial charge on any atom is -0.353 e. The molecule has 5 heteroatoms. The second-order valence-electron chi connectivity index (χ2n) is 7.63. The Hall–Kier alpha value is -1.78. The Balaban J connectivity index is 2.03. The molecule has 140 valence electrons. The maximum absolute atomic E-state index is 13.0. The van der Waals surface area contributed by atoms with Crippen LogP contribution in [0.25, 0.3) is 0 Å². The van der Waals surface area contributed by atoms with Gasteiger partial charge in [-0.2, -0.15) is 0 Å². The zero-order valence-corrected chi connectivity index (χ0v) is 16.2. The highest BCUT2D eigenvalue weighted by molar-refractivity contribution is 5.85. The van der Waals surface area contributed by atoms with Crippen LogP contribution in [0, 0.1) is 5.92 Å². The van der Waals surface area contributed by atoms with Gasteiger partial charge in [-0.05, 0) is 37.3 Å². The maximum Gasteiger partial charge on any atom is 0.242 e. The molecule has 0 aliphatic heterocycles. The van der Waals surface area contributed by atoms with E-state index in [4.69, 9.17) is 0 Å². The molecule has 1 heterocycles. The summed E-state index contributed by atoms with van der Waals surface area (Å²) < 4.78 is 2.06. The van der Waals surface area contributed by atoms with Crippen molar-refractivity contribution in [2.24, 2.45) is 13.0 Å². The number of hydrogen-bond donors (Lipinski definition) is 0. The van der Waals surface area contributed by atoms with Crippen molar-refractivity contribution in [3.63, 3.8) is 0 Å². The molecule has 1 aromatic heterocycles. The third kappa shape index (κ3) is 5.91. The van der Waals surface area contributed by atoms with Gasteiger partial charge >= 0.3 is 0 Å². The van der Waals surface area contributed by atoms with Gasteiger partial charge in [-0.1, -0.05) is 27.2 Å². The quantitative estimate of drug-likeness (QED) is 0.652. The van der Waals surface area contributed by atoms with Crippen molar-refractivity contribution in [2.75, 3.05) is 13.1 Å². The number of carbonyl (C=O) groups is 2. The fourth-order valence-electron chi connectivity index (χ4n) is 3.08. The van der Waals surface area contributed by atoms with Gasteiger partial charge in [0.1, 0.15) is 0 Å². The van der Waals surface area contributed by atoms with Crippen LogP contribution in [0.5, 0.6) is 0 Å². The molecule has 1 aromatic rings. The van der Waals surface area contributed by atoms with E-state index >= 15 is 0 Å². The Bertz CT molecular complexity index is 575. The molecule has 2 rings (SSSR count).